The van der Waals surface area contributed by atoms with E-state index in [0.717, 1.165) is 6.42 Å². The van der Waals surface area contributed by atoms with Crippen molar-refractivity contribution in [2.45, 2.75) is 44.6 Å². The van der Waals surface area contributed by atoms with Crippen LogP contribution in [0.1, 0.15) is 44.5 Å². The Morgan fingerprint density at radius 3 is 2.70 bits per heavy atom. The van der Waals surface area contributed by atoms with Crippen LogP contribution in [0, 0.1) is 5.92 Å². The topological polar surface area (TPSA) is 137 Å². The Kier molecular flexibility index (Phi) is 7.43. The standard InChI is InChI=1S/C22H31N5O5S/c1-5-31-11-12-32-18-9-8-16(20(25-18)27-14-15(2)13-22(27,3)4)21(28)26-33(29,30)17-7-6-10-24-19(17)23/h6-10,15H,5,11-14H2,1-4H3,(H2,23,24)(H,26,28)/t15-/m0/s1. The zero-order valence-electron chi connectivity index (χ0n) is 19.4. The average molecular weight is 478 g/mol. The Hall–Kier alpha value is -2.92. The minimum atomic E-state index is -4.23. The monoisotopic (exact) mass is 477 g/mol. The van der Waals surface area contributed by atoms with Crippen molar-refractivity contribution >= 4 is 27.6 Å². The molecule has 1 aliphatic heterocycles. The number of nitrogens with zero attached hydrogens (tertiary/aromatic N) is 3. The zero-order chi connectivity index (χ0) is 24.2. The van der Waals surface area contributed by atoms with Crippen molar-refractivity contribution in [3.8, 4) is 5.88 Å². The number of carbonyl (C=O) groups excluding carboxylic acids is 1. The van der Waals surface area contributed by atoms with Gasteiger partial charge in [-0.15, -0.1) is 0 Å². The number of pyridine rings is 2. The van der Waals surface area contributed by atoms with Crippen molar-refractivity contribution < 1.29 is 22.7 Å². The lowest BCUT2D eigenvalue weighted by Crippen LogP contribution is -2.41. The van der Waals surface area contributed by atoms with E-state index >= 15 is 0 Å². The fourth-order valence-electron chi connectivity index (χ4n) is 4.07. The maximum Gasteiger partial charge on any atom is 0.268 e. The average Bonchev–Trinajstić information content (AvgIpc) is 3.02. The van der Waals surface area contributed by atoms with Crippen molar-refractivity contribution in [1.29, 1.82) is 0 Å². The molecule has 0 bridgehead atoms. The van der Waals surface area contributed by atoms with E-state index in [1.165, 1.54) is 24.4 Å². The molecule has 1 saturated heterocycles. The molecule has 1 atom stereocenters. The Morgan fingerprint density at radius 2 is 2.06 bits per heavy atom. The molecule has 1 amide bonds. The highest BCUT2D eigenvalue weighted by atomic mass is 32.2. The highest BCUT2D eigenvalue weighted by molar-refractivity contribution is 7.90. The fraction of sp³-hybridized carbons (Fsp3) is 0.500. The third-order valence-electron chi connectivity index (χ3n) is 5.42. The summed E-state index contributed by atoms with van der Waals surface area (Å²) in [5.74, 6) is 0.0703. The first-order chi connectivity index (χ1) is 15.5. The van der Waals surface area contributed by atoms with Crippen LogP contribution in [0.5, 0.6) is 5.88 Å². The van der Waals surface area contributed by atoms with Crippen molar-refractivity contribution in [1.82, 2.24) is 14.7 Å². The Morgan fingerprint density at radius 1 is 1.30 bits per heavy atom. The van der Waals surface area contributed by atoms with Gasteiger partial charge in [0.1, 0.15) is 23.1 Å². The van der Waals surface area contributed by atoms with Crippen LogP contribution in [0.25, 0.3) is 0 Å². The molecule has 33 heavy (non-hydrogen) atoms. The smallest absolute Gasteiger partial charge is 0.268 e. The van der Waals surface area contributed by atoms with E-state index in [1.54, 1.807) is 6.07 Å². The van der Waals surface area contributed by atoms with Crippen molar-refractivity contribution in [2.24, 2.45) is 5.92 Å². The van der Waals surface area contributed by atoms with Crippen LogP contribution in [0.4, 0.5) is 11.6 Å². The van der Waals surface area contributed by atoms with Gasteiger partial charge in [-0.2, -0.15) is 4.98 Å². The van der Waals surface area contributed by atoms with E-state index in [2.05, 4.69) is 35.5 Å². The summed E-state index contributed by atoms with van der Waals surface area (Å²) in [5.41, 5.74) is 5.55. The summed E-state index contributed by atoms with van der Waals surface area (Å²) in [6.07, 6.45) is 2.27. The molecule has 2 aromatic rings. The second-order valence-corrected chi connectivity index (χ2v) is 10.3. The number of hydrogen-bond donors (Lipinski definition) is 2. The molecule has 0 radical (unpaired) electrons. The van der Waals surface area contributed by atoms with E-state index in [9.17, 15) is 13.2 Å². The van der Waals surface area contributed by atoms with Crippen LogP contribution in [0.3, 0.4) is 0 Å². The number of nitrogens with two attached hydrogens (primary N) is 1. The molecule has 10 nitrogen and oxygen atoms in total. The first-order valence-corrected chi connectivity index (χ1v) is 12.3. The molecule has 0 spiro atoms. The number of hydrogen-bond acceptors (Lipinski definition) is 9. The van der Waals surface area contributed by atoms with Gasteiger partial charge in [0.2, 0.25) is 5.88 Å². The van der Waals surface area contributed by atoms with Crippen LogP contribution in [0.2, 0.25) is 0 Å². The van der Waals surface area contributed by atoms with Gasteiger partial charge in [0.25, 0.3) is 15.9 Å². The van der Waals surface area contributed by atoms with Crippen molar-refractivity contribution in [3.05, 3.63) is 36.0 Å². The van der Waals surface area contributed by atoms with Gasteiger partial charge < -0.3 is 20.1 Å². The number of carbonyl (C=O) groups is 1. The van der Waals surface area contributed by atoms with Gasteiger partial charge in [-0.3, -0.25) is 4.79 Å². The Bertz CT molecular complexity index is 1110. The lowest BCUT2D eigenvalue weighted by molar-refractivity contribution is 0.0980. The fourth-order valence-corrected chi connectivity index (χ4v) is 5.12. The molecule has 2 aromatic heterocycles. The predicted molar refractivity (Wildman–Crippen MR) is 125 cm³/mol. The van der Waals surface area contributed by atoms with E-state index in [-0.39, 0.29) is 21.8 Å². The Labute approximate surface area is 194 Å². The molecule has 1 fully saturated rings. The minimum absolute atomic E-state index is 0.125. The molecule has 11 heteroatoms. The van der Waals surface area contributed by atoms with Crippen molar-refractivity contribution in [2.75, 3.05) is 37.0 Å². The highest BCUT2D eigenvalue weighted by Gasteiger charge is 2.39. The lowest BCUT2D eigenvalue weighted by atomic mass is 9.97. The largest absolute Gasteiger partial charge is 0.475 e. The third kappa shape index (κ3) is 5.72. The first-order valence-electron chi connectivity index (χ1n) is 10.8. The number of anilines is 2. The number of amides is 1. The number of nitrogens with one attached hydrogen (secondary N) is 1. The number of nitrogen functional groups attached to an aromatic ring is 1. The number of rotatable bonds is 9. The second-order valence-electron chi connectivity index (χ2n) is 8.62. The maximum atomic E-state index is 13.1. The van der Waals surface area contributed by atoms with Crippen molar-refractivity contribution in [3.63, 3.8) is 0 Å². The lowest BCUT2D eigenvalue weighted by Gasteiger charge is -2.33. The zero-order valence-corrected chi connectivity index (χ0v) is 20.2. The van der Waals surface area contributed by atoms with E-state index in [4.69, 9.17) is 15.2 Å². The maximum absolute atomic E-state index is 13.1. The summed E-state index contributed by atoms with van der Waals surface area (Å²) >= 11 is 0. The number of ether oxygens (including phenoxy) is 2. The van der Waals surface area contributed by atoms with Crippen LogP contribution in [-0.4, -0.2) is 56.2 Å². The van der Waals surface area contributed by atoms with Crippen LogP contribution in [-0.2, 0) is 14.8 Å². The highest BCUT2D eigenvalue weighted by Crippen LogP contribution is 2.38. The van der Waals surface area contributed by atoms with Gasteiger partial charge in [-0.1, -0.05) is 6.92 Å². The second kappa shape index (κ2) is 9.92. The van der Waals surface area contributed by atoms with Crippen LogP contribution < -0.4 is 20.1 Å². The summed E-state index contributed by atoms with van der Waals surface area (Å²) in [6.45, 7) is 10.1. The molecule has 0 unspecified atom stereocenters. The molecule has 3 N–H and O–H groups in total. The van der Waals surface area contributed by atoms with Gasteiger partial charge in [-0.05, 0) is 51.3 Å². The third-order valence-corrected chi connectivity index (χ3v) is 6.80. The normalized spacial score (nSPS) is 17.7. The van der Waals surface area contributed by atoms with E-state index < -0.39 is 15.9 Å². The molecule has 3 rings (SSSR count). The van der Waals surface area contributed by atoms with E-state index in [0.29, 0.717) is 44.0 Å². The number of aromatic nitrogens is 2. The number of sulfonamides is 1. The van der Waals surface area contributed by atoms with Gasteiger partial charge >= 0.3 is 0 Å². The van der Waals surface area contributed by atoms with Crippen LogP contribution >= 0.6 is 0 Å². The minimum Gasteiger partial charge on any atom is -0.475 e. The molecular formula is C22H31N5O5S. The molecule has 1 aliphatic rings. The molecule has 3 heterocycles. The summed E-state index contributed by atoms with van der Waals surface area (Å²) < 4.78 is 38.7. The SMILES string of the molecule is CCOCCOc1ccc(C(=O)NS(=O)(=O)c2cccnc2N)c(N2C[C@@H](C)CC2(C)C)n1. The molecule has 0 saturated carbocycles. The van der Waals surface area contributed by atoms with Gasteiger partial charge in [0.05, 0.1) is 12.2 Å². The van der Waals surface area contributed by atoms with Crippen LogP contribution in [0.15, 0.2) is 35.4 Å². The summed E-state index contributed by atoms with van der Waals surface area (Å²) in [6, 6.07) is 5.79. The summed E-state index contributed by atoms with van der Waals surface area (Å²) in [4.78, 5) is 23.3. The molecule has 0 aliphatic carbocycles. The Balaban J connectivity index is 1.94. The summed E-state index contributed by atoms with van der Waals surface area (Å²) in [7, 11) is -4.23. The summed E-state index contributed by atoms with van der Waals surface area (Å²) in [5, 5.41) is 0. The van der Waals surface area contributed by atoms with Gasteiger partial charge in [-0.25, -0.2) is 18.1 Å². The predicted octanol–water partition coefficient (Wildman–Crippen LogP) is 2.22. The molecule has 0 aromatic carbocycles. The quantitative estimate of drug-likeness (QED) is 0.521. The molecule has 180 valence electrons. The first kappa shape index (κ1) is 24.7. The van der Waals surface area contributed by atoms with Gasteiger partial charge in [0.15, 0.2) is 0 Å². The van der Waals surface area contributed by atoms with Gasteiger partial charge in [0, 0.05) is 31.0 Å². The molecular weight excluding hydrogens is 446 g/mol. The van der Waals surface area contributed by atoms with E-state index in [1.807, 2.05) is 11.8 Å².